The van der Waals surface area contributed by atoms with Crippen LogP contribution in [0.1, 0.15) is 34.6 Å². The van der Waals surface area contributed by atoms with Crippen LogP contribution in [0.5, 0.6) is 0 Å². The van der Waals surface area contributed by atoms with E-state index in [1.54, 1.807) is 0 Å². The summed E-state index contributed by atoms with van der Waals surface area (Å²) in [6.07, 6.45) is 0. The van der Waals surface area contributed by atoms with Crippen molar-refractivity contribution >= 4 is 17.0 Å². The van der Waals surface area contributed by atoms with Crippen molar-refractivity contribution in [3.8, 4) is 0 Å². The Morgan fingerprint density at radius 1 is 0.800 bits per heavy atom. The van der Waals surface area contributed by atoms with Crippen molar-refractivity contribution in [1.82, 2.24) is 0 Å². The Morgan fingerprint density at radius 3 is 1.13 bits per heavy atom. The molecule has 0 fully saturated rings. The molecule has 0 aromatic heterocycles. The van der Waals surface area contributed by atoms with Gasteiger partial charge in [0.05, 0.1) is 0 Å². The van der Waals surface area contributed by atoms with Crippen LogP contribution in [0, 0.1) is 5.92 Å². The van der Waals surface area contributed by atoms with Crippen LogP contribution < -0.4 is 0 Å². The van der Waals surface area contributed by atoms with E-state index in [-0.39, 0.29) is 0 Å². The zero-order chi connectivity index (χ0) is 12.2. The van der Waals surface area contributed by atoms with Gasteiger partial charge < -0.3 is 0 Å². The van der Waals surface area contributed by atoms with E-state index >= 15 is 0 Å². The normalized spacial score (nSPS) is 16.8. The first kappa shape index (κ1) is 15.9. The summed E-state index contributed by atoms with van der Waals surface area (Å²) >= 11 is -2.14. The summed E-state index contributed by atoms with van der Waals surface area (Å²) in [5, 5.41) is 0. The molecule has 0 heterocycles. The maximum absolute atomic E-state index is 5.20. The molecular formula is C11H18Cl2OZr. The van der Waals surface area contributed by atoms with Crippen LogP contribution in [-0.2, 0) is 22.6 Å². The van der Waals surface area contributed by atoms with E-state index in [1.165, 1.54) is 35.3 Å². The van der Waals surface area contributed by atoms with Gasteiger partial charge in [0.15, 0.2) is 0 Å². The molecule has 0 aliphatic heterocycles. The average molecular weight is 328 g/mol. The van der Waals surface area contributed by atoms with E-state index in [0.29, 0.717) is 0 Å². The molecule has 0 aromatic rings. The molecule has 86 valence electrons. The molecule has 4 heteroatoms. The van der Waals surface area contributed by atoms with E-state index in [4.69, 9.17) is 17.0 Å². The minimum atomic E-state index is -2.14. The molecule has 0 bridgehead atoms. The molecule has 0 saturated heterocycles. The second-order valence-corrected chi connectivity index (χ2v) is 10.9. The second kappa shape index (κ2) is 7.27. The fourth-order valence-electron chi connectivity index (χ4n) is 1.41. The number of hydrogen-bond donors (Lipinski definition) is 0. The van der Waals surface area contributed by atoms with Gasteiger partial charge in [0.25, 0.3) is 0 Å². The van der Waals surface area contributed by atoms with Gasteiger partial charge >= 0.3 is 46.8 Å². The summed E-state index contributed by atoms with van der Waals surface area (Å²) in [6.45, 7) is 11.0. The molecule has 0 amide bonds. The van der Waals surface area contributed by atoms with E-state index in [1.807, 2.05) is 0 Å². The summed E-state index contributed by atoms with van der Waals surface area (Å²) in [5.74, 6) is 1.47. The second-order valence-electron chi connectivity index (χ2n) is 3.55. The molecule has 1 nitrogen and oxygen atoms in total. The number of halogens is 2. The average Bonchev–Trinajstić information content (AvgIpc) is 2.37. The van der Waals surface area contributed by atoms with Gasteiger partial charge in [0, 0.05) is 5.92 Å². The molecule has 0 spiro atoms. The monoisotopic (exact) mass is 326 g/mol. The Balaban J connectivity index is 0.000000336. The Morgan fingerprint density at radius 2 is 1.07 bits per heavy atom. The summed E-state index contributed by atoms with van der Waals surface area (Å²) < 4.78 is 4.48. The fourth-order valence-corrected chi connectivity index (χ4v) is 1.41. The number of allylic oxidation sites excluding steroid dienone is 4. The SMILES string of the molecule is C[C]1C(C)=C(C)C(C)=C1C.C[O][Zr]([Cl])[Cl]. The van der Waals surface area contributed by atoms with Crippen molar-refractivity contribution in [3.63, 3.8) is 0 Å². The first-order valence-electron chi connectivity index (χ1n) is 4.74. The van der Waals surface area contributed by atoms with Gasteiger partial charge in [0.1, 0.15) is 0 Å². The molecule has 0 aromatic carbocycles. The molecule has 0 atom stereocenters. The maximum atomic E-state index is 5.20. The van der Waals surface area contributed by atoms with E-state index in [2.05, 4.69) is 37.4 Å². The van der Waals surface area contributed by atoms with Crippen molar-refractivity contribution in [1.29, 1.82) is 0 Å². The molecular weight excluding hydrogens is 310 g/mol. The Bertz CT molecular complexity index is 258. The molecule has 1 radical (unpaired) electrons. The summed E-state index contributed by atoms with van der Waals surface area (Å²) in [5.41, 5.74) is 5.87. The Hall–Kier alpha value is 0.903. The predicted octanol–water partition coefficient (Wildman–Crippen LogP) is 4.74. The fraction of sp³-hybridized carbons (Fsp3) is 0.545. The third kappa shape index (κ3) is 4.73. The Labute approximate surface area is 109 Å². The predicted molar refractivity (Wildman–Crippen MR) is 64.4 cm³/mol. The van der Waals surface area contributed by atoms with Crippen LogP contribution in [0.3, 0.4) is 0 Å². The molecule has 1 aliphatic rings. The number of hydrogen-bond acceptors (Lipinski definition) is 1. The molecule has 0 N–H and O–H groups in total. The quantitative estimate of drug-likeness (QED) is 0.675. The zero-order valence-electron chi connectivity index (χ0n) is 10.2. The van der Waals surface area contributed by atoms with Crippen LogP contribution in [0.4, 0.5) is 0 Å². The van der Waals surface area contributed by atoms with E-state index in [9.17, 15) is 0 Å². The van der Waals surface area contributed by atoms with Crippen LogP contribution in [0.15, 0.2) is 22.3 Å². The Kier molecular flexibility index (Phi) is 7.71. The van der Waals surface area contributed by atoms with Crippen molar-refractivity contribution < 1.29 is 22.6 Å². The van der Waals surface area contributed by atoms with Crippen molar-refractivity contribution in [3.05, 3.63) is 28.2 Å². The van der Waals surface area contributed by atoms with Crippen LogP contribution in [-0.4, -0.2) is 7.11 Å². The van der Waals surface area contributed by atoms with Gasteiger partial charge in [-0.2, -0.15) is 0 Å². The standard InChI is InChI=1S/C10H15.CH3O.2ClH.Zr/c1-6-7(2)9(4)10(5)8(6)3;1-2;;;/h1-5H3;1H3;2*1H;/q;-1;;;+3/p-2. The van der Waals surface area contributed by atoms with Gasteiger partial charge in [-0.3, -0.25) is 0 Å². The van der Waals surface area contributed by atoms with Crippen molar-refractivity contribution in [2.45, 2.75) is 34.6 Å². The first-order chi connectivity index (χ1) is 6.82. The van der Waals surface area contributed by atoms with Crippen LogP contribution in [0.2, 0.25) is 0 Å². The van der Waals surface area contributed by atoms with Crippen molar-refractivity contribution in [2.24, 2.45) is 0 Å². The molecule has 0 saturated carbocycles. The summed E-state index contributed by atoms with van der Waals surface area (Å²) in [6, 6.07) is 0. The van der Waals surface area contributed by atoms with Crippen LogP contribution >= 0.6 is 17.0 Å². The molecule has 0 unspecified atom stereocenters. The van der Waals surface area contributed by atoms with Gasteiger partial charge in [-0.15, -0.1) is 0 Å². The summed E-state index contributed by atoms with van der Waals surface area (Å²) in [4.78, 5) is 0. The van der Waals surface area contributed by atoms with Crippen molar-refractivity contribution in [2.75, 3.05) is 7.11 Å². The minimum absolute atomic E-state index is 1.47. The van der Waals surface area contributed by atoms with Gasteiger partial charge in [-0.1, -0.05) is 18.1 Å². The van der Waals surface area contributed by atoms with Gasteiger partial charge in [-0.05, 0) is 38.8 Å². The topological polar surface area (TPSA) is 9.23 Å². The molecule has 15 heavy (non-hydrogen) atoms. The van der Waals surface area contributed by atoms with E-state index in [0.717, 1.165) is 0 Å². The first-order valence-corrected chi connectivity index (χ1v) is 12.1. The van der Waals surface area contributed by atoms with E-state index < -0.39 is 19.8 Å². The third-order valence-corrected chi connectivity index (χ3v) is 5.55. The molecule has 1 aliphatic carbocycles. The van der Waals surface area contributed by atoms with Crippen LogP contribution in [0.25, 0.3) is 0 Å². The number of rotatable bonds is 1. The van der Waals surface area contributed by atoms with Gasteiger partial charge in [-0.25, -0.2) is 0 Å². The summed E-state index contributed by atoms with van der Waals surface area (Å²) in [7, 11) is 11.9. The molecule has 1 rings (SSSR count). The third-order valence-electron chi connectivity index (χ3n) is 2.97. The zero-order valence-corrected chi connectivity index (χ0v) is 14.1. The van der Waals surface area contributed by atoms with Gasteiger partial charge in [0.2, 0.25) is 0 Å².